The summed E-state index contributed by atoms with van der Waals surface area (Å²) < 4.78 is 52.9. The molecule has 0 bridgehead atoms. The van der Waals surface area contributed by atoms with Crippen LogP contribution in [-0.2, 0) is 0 Å². The fourth-order valence-corrected chi connectivity index (χ4v) is 1.44. The fraction of sp³-hybridized carbons (Fsp3) is 0.455. The Morgan fingerprint density at radius 1 is 1.39 bits per heavy atom. The summed E-state index contributed by atoms with van der Waals surface area (Å²) in [7, 11) is 0. The number of alkyl halides is 3. The van der Waals surface area contributed by atoms with Gasteiger partial charge < -0.3 is 19.9 Å². The summed E-state index contributed by atoms with van der Waals surface area (Å²) in [4.78, 5) is 0. The number of rotatable bonds is 4. The molecule has 1 aromatic rings. The standard InChI is InChI=1S/C11H12F3NO3/c12-10-11(13,14)18-8-4-1-3-7(9(8)17-10)16-6-2-5-15/h1,3-4,10H,2,5-6,15H2. The van der Waals surface area contributed by atoms with Gasteiger partial charge in [-0.15, -0.1) is 0 Å². The van der Waals surface area contributed by atoms with E-state index in [0.29, 0.717) is 13.0 Å². The normalized spacial score (nSPS) is 20.6. The molecular weight excluding hydrogens is 251 g/mol. The third-order valence-corrected chi connectivity index (χ3v) is 2.28. The quantitative estimate of drug-likeness (QED) is 0.845. The molecule has 1 unspecified atom stereocenters. The predicted octanol–water partition coefficient (Wildman–Crippen LogP) is 2.07. The van der Waals surface area contributed by atoms with Crippen LogP contribution in [0.5, 0.6) is 17.2 Å². The number of fused-ring (bicyclic) bond motifs is 1. The molecule has 2 N–H and O–H groups in total. The molecule has 0 saturated heterocycles. The number of para-hydroxylation sites is 1. The van der Waals surface area contributed by atoms with E-state index in [4.69, 9.17) is 10.5 Å². The third-order valence-electron chi connectivity index (χ3n) is 2.28. The molecule has 18 heavy (non-hydrogen) atoms. The summed E-state index contributed by atoms with van der Waals surface area (Å²) >= 11 is 0. The highest BCUT2D eigenvalue weighted by Crippen LogP contribution is 2.45. The Balaban J connectivity index is 2.20. The van der Waals surface area contributed by atoms with Gasteiger partial charge in [0, 0.05) is 0 Å². The average Bonchev–Trinajstić information content (AvgIpc) is 2.31. The summed E-state index contributed by atoms with van der Waals surface area (Å²) in [6.45, 7) is 0.708. The second-order valence-electron chi connectivity index (χ2n) is 3.67. The van der Waals surface area contributed by atoms with Gasteiger partial charge in [0.25, 0.3) is 0 Å². The molecule has 100 valence electrons. The van der Waals surface area contributed by atoms with Crippen LogP contribution in [0.1, 0.15) is 6.42 Å². The van der Waals surface area contributed by atoms with Gasteiger partial charge in [0.1, 0.15) is 0 Å². The first-order valence-corrected chi connectivity index (χ1v) is 5.38. The van der Waals surface area contributed by atoms with Crippen LogP contribution in [0.2, 0.25) is 0 Å². The SMILES string of the molecule is NCCCOc1cccc2c1OC(F)C(F)(F)O2. The van der Waals surface area contributed by atoms with Crippen LogP contribution in [0.25, 0.3) is 0 Å². The molecule has 1 heterocycles. The molecule has 0 aromatic heterocycles. The summed E-state index contributed by atoms with van der Waals surface area (Å²) in [6, 6.07) is 4.19. The Morgan fingerprint density at radius 3 is 2.89 bits per heavy atom. The van der Waals surface area contributed by atoms with Crippen LogP contribution in [0.3, 0.4) is 0 Å². The summed E-state index contributed by atoms with van der Waals surface area (Å²) in [5, 5.41) is 0. The zero-order valence-electron chi connectivity index (χ0n) is 9.37. The predicted molar refractivity (Wildman–Crippen MR) is 56.7 cm³/mol. The Morgan fingerprint density at radius 2 is 2.17 bits per heavy atom. The van der Waals surface area contributed by atoms with E-state index in [-0.39, 0.29) is 23.9 Å². The van der Waals surface area contributed by atoms with E-state index in [9.17, 15) is 13.2 Å². The van der Waals surface area contributed by atoms with Gasteiger partial charge in [0.2, 0.25) is 5.75 Å². The van der Waals surface area contributed by atoms with Crippen molar-refractivity contribution in [3.8, 4) is 17.2 Å². The molecular formula is C11H12F3NO3. The molecule has 0 radical (unpaired) electrons. The molecule has 0 aliphatic carbocycles. The molecule has 0 amide bonds. The van der Waals surface area contributed by atoms with E-state index >= 15 is 0 Å². The fourth-order valence-electron chi connectivity index (χ4n) is 1.44. The van der Waals surface area contributed by atoms with Crippen molar-refractivity contribution < 1.29 is 27.4 Å². The van der Waals surface area contributed by atoms with Crippen molar-refractivity contribution in [3.05, 3.63) is 18.2 Å². The highest BCUT2D eigenvalue weighted by atomic mass is 19.3. The number of hydrogen-bond donors (Lipinski definition) is 1. The monoisotopic (exact) mass is 263 g/mol. The van der Waals surface area contributed by atoms with Gasteiger partial charge in [-0.3, -0.25) is 0 Å². The summed E-state index contributed by atoms with van der Waals surface area (Å²) in [5.74, 6) is -0.258. The van der Waals surface area contributed by atoms with Crippen LogP contribution in [0.4, 0.5) is 13.2 Å². The minimum atomic E-state index is -4.00. The van der Waals surface area contributed by atoms with E-state index in [1.807, 2.05) is 0 Å². The average molecular weight is 263 g/mol. The van der Waals surface area contributed by atoms with Gasteiger partial charge in [0.05, 0.1) is 6.61 Å². The van der Waals surface area contributed by atoms with Crippen molar-refractivity contribution >= 4 is 0 Å². The van der Waals surface area contributed by atoms with E-state index in [2.05, 4.69) is 9.47 Å². The topological polar surface area (TPSA) is 53.7 Å². The molecule has 0 spiro atoms. The number of hydrogen-bond acceptors (Lipinski definition) is 4. The maximum atomic E-state index is 13.0. The maximum Gasteiger partial charge on any atom is 0.468 e. The Labute approximate surface area is 101 Å². The van der Waals surface area contributed by atoms with Gasteiger partial charge in [-0.05, 0) is 25.1 Å². The number of ether oxygens (including phenoxy) is 3. The lowest BCUT2D eigenvalue weighted by molar-refractivity contribution is -0.281. The van der Waals surface area contributed by atoms with Gasteiger partial charge in [-0.25, -0.2) is 0 Å². The molecule has 7 heteroatoms. The molecule has 1 aliphatic rings. The van der Waals surface area contributed by atoms with Gasteiger partial charge >= 0.3 is 12.5 Å². The van der Waals surface area contributed by atoms with E-state index in [1.54, 1.807) is 0 Å². The third kappa shape index (κ3) is 2.45. The Hall–Kier alpha value is -1.63. The van der Waals surface area contributed by atoms with Crippen LogP contribution in [0.15, 0.2) is 18.2 Å². The van der Waals surface area contributed by atoms with Crippen LogP contribution >= 0.6 is 0 Å². The van der Waals surface area contributed by atoms with Crippen molar-refractivity contribution in [1.29, 1.82) is 0 Å². The molecule has 2 rings (SSSR count). The second kappa shape index (κ2) is 4.93. The van der Waals surface area contributed by atoms with Crippen molar-refractivity contribution in [1.82, 2.24) is 0 Å². The first-order chi connectivity index (χ1) is 8.54. The first kappa shape index (κ1) is 12.8. The van der Waals surface area contributed by atoms with Gasteiger partial charge in [0.15, 0.2) is 11.5 Å². The lowest BCUT2D eigenvalue weighted by Crippen LogP contribution is -2.43. The minimum absolute atomic E-state index is 0.152. The molecule has 1 aliphatic heterocycles. The smallest absolute Gasteiger partial charge is 0.468 e. The van der Waals surface area contributed by atoms with Gasteiger partial charge in [-0.1, -0.05) is 6.07 Å². The second-order valence-corrected chi connectivity index (χ2v) is 3.67. The highest BCUT2D eigenvalue weighted by molar-refractivity contribution is 5.52. The zero-order chi connectivity index (χ0) is 13.2. The maximum absolute atomic E-state index is 13.0. The number of benzene rings is 1. The summed E-state index contributed by atoms with van der Waals surface area (Å²) in [5.41, 5.74) is 5.29. The van der Waals surface area contributed by atoms with Crippen molar-refractivity contribution in [3.63, 3.8) is 0 Å². The largest absolute Gasteiger partial charge is 0.489 e. The van der Waals surface area contributed by atoms with E-state index in [0.717, 1.165) is 0 Å². The van der Waals surface area contributed by atoms with Crippen LogP contribution < -0.4 is 19.9 Å². The molecule has 0 saturated carbocycles. The van der Waals surface area contributed by atoms with E-state index < -0.39 is 12.5 Å². The first-order valence-electron chi connectivity index (χ1n) is 5.38. The van der Waals surface area contributed by atoms with Crippen LogP contribution in [0, 0.1) is 0 Å². The van der Waals surface area contributed by atoms with Gasteiger partial charge in [-0.2, -0.15) is 13.2 Å². The molecule has 1 aromatic carbocycles. The summed E-state index contributed by atoms with van der Waals surface area (Å²) in [6.07, 6.45) is -6.27. The number of halogens is 3. The Bertz CT molecular complexity index is 428. The zero-order valence-corrected chi connectivity index (χ0v) is 9.37. The number of nitrogens with two attached hydrogens (primary N) is 1. The Kier molecular flexibility index (Phi) is 3.51. The van der Waals surface area contributed by atoms with Crippen molar-refractivity contribution in [2.24, 2.45) is 5.73 Å². The van der Waals surface area contributed by atoms with Crippen LogP contribution in [-0.4, -0.2) is 25.6 Å². The molecule has 1 atom stereocenters. The van der Waals surface area contributed by atoms with Crippen molar-refractivity contribution in [2.45, 2.75) is 18.9 Å². The molecule has 0 fully saturated rings. The lowest BCUT2D eigenvalue weighted by Gasteiger charge is -2.29. The highest BCUT2D eigenvalue weighted by Gasteiger charge is 2.50. The minimum Gasteiger partial charge on any atom is -0.489 e. The van der Waals surface area contributed by atoms with Crippen molar-refractivity contribution in [2.75, 3.05) is 13.2 Å². The molecule has 4 nitrogen and oxygen atoms in total. The van der Waals surface area contributed by atoms with E-state index in [1.165, 1.54) is 18.2 Å². The lowest BCUT2D eigenvalue weighted by atomic mass is 10.2.